The average molecular weight is 269 g/mol. The van der Waals surface area contributed by atoms with Crippen molar-refractivity contribution >= 4 is 11.6 Å². The van der Waals surface area contributed by atoms with Gasteiger partial charge in [0.25, 0.3) is 5.91 Å². The van der Waals surface area contributed by atoms with E-state index in [0.29, 0.717) is 11.3 Å². The molecule has 0 aliphatic carbocycles. The van der Waals surface area contributed by atoms with Crippen molar-refractivity contribution in [2.45, 2.75) is 19.3 Å². The molecule has 1 aliphatic heterocycles. The van der Waals surface area contributed by atoms with E-state index >= 15 is 0 Å². The molecule has 0 spiro atoms. The molecule has 0 fully saturated rings. The highest BCUT2D eigenvalue weighted by Gasteiger charge is 2.32. The fourth-order valence-electron chi connectivity index (χ4n) is 2.68. The first-order valence-corrected chi connectivity index (χ1v) is 6.56. The summed E-state index contributed by atoms with van der Waals surface area (Å²) in [6.45, 7) is 2.02. The van der Waals surface area contributed by atoms with E-state index in [9.17, 15) is 9.90 Å². The van der Waals surface area contributed by atoms with Crippen molar-refractivity contribution in [1.82, 2.24) is 9.97 Å². The van der Waals surface area contributed by atoms with Crippen molar-refractivity contribution in [3.8, 4) is 5.88 Å². The Balaban J connectivity index is 2.32. The smallest absolute Gasteiger partial charge is 0.259 e. The van der Waals surface area contributed by atoms with Crippen LogP contribution in [0.3, 0.4) is 0 Å². The molecule has 0 saturated heterocycles. The second kappa shape index (κ2) is 4.59. The van der Waals surface area contributed by atoms with Gasteiger partial charge < -0.3 is 10.0 Å². The van der Waals surface area contributed by atoms with Gasteiger partial charge in [-0.25, -0.2) is 4.98 Å². The molecule has 1 atom stereocenters. The topological polar surface area (TPSA) is 66.3 Å². The molecule has 3 rings (SSSR count). The fraction of sp³-hybridized carbons (Fsp3) is 0.267. The van der Waals surface area contributed by atoms with Crippen LogP contribution < -0.4 is 4.90 Å². The number of rotatable bonds is 1. The quantitative estimate of drug-likeness (QED) is 0.862. The third kappa shape index (κ3) is 1.74. The summed E-state index contributed by atoms with van der Waals surface area (Å²) in [5.74, 6) is -0.234. The van der Waals surface area contributed by atoms with Crippen LogP contribution in [0.2, 0.25) is 0 Å². The van der Waals surface area contributed by atoms with E-state index in [-0.39, 0.29) is 17.7 Å². The molecule has 1 aliphatic rings. The summed E-state index contributed by atoms with van der Waals surface area (Å²) in [5, 5.41) is 9.66. The first-order valence-electron chi connectivity index (χ1n) is 6.56. The van der Waals surface area contributed by atoms with Gasteiger partial charge in [-0.2, -0.15) is 0 Å². The first kappa shape index (κ1) is 12.6. The molecule has 5 nitrogen and oxygen atoms in total. The van der Waals surface area contributed by atoms with E-state index in [1.54, 1.807) is 36.3 Å². The van der Waals surface area contributed by atoms with Crippen molar-refractivity contribution in [2.24, 2.45) is 0 Å². The number of carbonyl (C=O) groups excluding carboxylic acids is 1. The minimum atomic E-state index is -0.0993. The Hall–Kier alpha value is -2.43. The van der Waals surface area contributed by atoms with Gasteiger partial charge in [-0.3, -0.25) is 9.78 Å². The summed E-state index contributed by atoms with van der Waals surface area (Å²) in [6.07, 6.45) is 2.44. The maximum absolute atomic E-state index is 12.5. The lowest BCUT2D eigenvalue weighted by Gasteiger charge is -2.18. The molecule has 102 valence electrons. The number of anilines is 1. The first-order chi connectivity index (χ1) is 9.63. The predicted octanol–water partition coefficient (Wildman–Crippen LogP) is 2.31. The number of hydrogen-bond donors (Lipinski definition) is 1. The molecule has 1 N–H and O–H groups in total. The largest absolute Gasteiger partial charge is 0.493 e. The van der Waals surface area contributed by atoms with E-state index in [4.69, 9.17) is 0 Å². The Morgan fingerprint density at radius 2 is 2.10 bits per heavy atom. The SMILES string of the molecule is CCC1c2ncccc2C(=O)N(C)c2ccc(O)nc21. The summed E-state index contributed by atoms with van der Waals surface area (Å²) in [7, 11) is 1.72. The number of pyridine rings is 2. The molecule has 2 aromatic rings. The molecule has 0 saturated carbocycles. The van der Waals surface area contributed by atoms with E-state index in [2.05, 4.69) is 9.97 Å². The summed E-state index contributed by atoms with van der Waals surface area (Å²) >= 11 is 0. The zero-order valence-electron chi connectivity index (χ0n) is 11.4. The Labute approximate surface area is 116 Å². The number of aromatic nitrogens is 2. The van der Waals surface area contributed by atoms with Gasteiger partial charge in [-0.1, -0.05) is 6.92 Å². The lowest BCUT2D eigenvalue weighted by atomic mass is 9.94. The van der Waals surface area contributed by atoms with E-state index in [0.717, 1.165) is 17.8 Å². The number of aromatic hydroxyl groups is 1. The van der Waals surface area contributed by atoms with Gasteiger partial charge in [0.15, 0.2) is 0 Å². The van der Waals surface area contributed by atoms with Gasteiger partial charge in [-0.05, 0) is 24.6 Å². The second-order valence-electron chi connectivity index (χ2n) is 4.84. The highest BCUT2D eigenvalue weighted by Crippen LogP contribution is 2.38. The van der Waals surface area contributed by atoms with Crippen LogP contribution in [-0.4, -0.2) is 28.0 Å². The molecule has 1 amide bonds. The average Bonchev–Trinajstić information content (AvgIpc) is 2.55. The van der Waals surface area contributed by atoms with Crippen LogP contribution in [0, 0.1) is 0 Å². The molecular formula is C15H15N3O2. The van der Waals surface area contributed by atoms with Crippen molar-refractivity contribution in [1.29, 1.82) is 0 Å². The highest BCUT2D eigenvalue weighted by atomic mass is 16.3. The van der Waals surface area contributed by atoms with Crippen molar-refractivity contribution in [3.05, 3.63) is 47.4 Å². The molecule has 0 bridgehead atoms. The van der Waals surface area contributed by atoms with Gasteiger partial charge in [0, 0.05) is 25.2 Å². The zero-order valence-corrected chi connectivity index (χ0v) is 11.4. The summed E-state index contributed by atoms with van der Waals surface area (Å²) in [4.78, 5) is 22.7. The van der Waals surface area contributed by atoms with Gasteiger partial charge in [-0.15, -0.1) is 0 Å². The van der Waals surface area contributed by atoms with Crippen molar-refractivity contribution < 1.29 is 9.90 Å². The maximum Gasteiger partial charge on any atom is 0.259 e. The van der Waals surface area contributed by atoms with Crippen LogP contribution in [0.15, 0.2) is 30.5 Å². The zero-order chi connectivity index (χ0) is 14.3. The molecular weight excluding hydrogens is 254 g/mol. The lowest BCUT2D eigenvalue weighted by molar-refractivity contribution is 0.0992. The molecule has 5 heteroatoms. The van der Waals surface area contributed by atoms with Gasteiger partial charge >= 0.3 is 0 Å². The number of fused-ring (bicyclic) bond motifs is 2. The number of hydrogen-bond acceptors (Lipinski definition) is 4. The van der Waals surface area contributed by atoms with Gasteiger partial charge in [0.05, 0.1) is 22.6 Å². The van der Waals surface area contributed by atoms with Crippen LogP contribution in [0.25, 0.3) is 0 Å². The maximum atomic E-state index is 12.5. The molecule has 1 unspecified atom stereocenters. The van der Waals surface area contributed by atoms with Crippen LogP contribution in [0.4, 0.5) is 5.69 Å². The minimum Gasteiger partial charge on any atom is -0.493 e. The number of nitrogens with zero attached hydrogens (tertiary/aromatic N) is 3. The van der Waals surface area contributed by atoms with Crippen LogP contribution in [0.5, 0.6) is 5.88 Å². The van der Waals surface area contributed by atoms with Crippen LogP contribution in [0.1, 0.15) is 41.0 Å². The second-order valence-corrected chi connectivity index (χ2v) is 4.84. The third-order valence-electron chi connectivity index (χ3n) is 3.69. The third-order valence-corrected chi connectivity index (χ3v) is 3.69. The van der Waals surface area contributed by atoms with Gasteiger partial charge in [0.2, 0.25) is 5.88 Å². The molecule has 0 aromatic carbocycles. The Morgan fingerprint density at radius 1 is 1.30 bits per heavy atom. The lowest BCUT2D eigenvalue weighted by Crippen LogP contribution is -2.26. The summed E-state index contributed by atoms with van der Waals surface area (Å²) < 4.78 is 0. The minimum absolute atomic E-state index is 0.0394. The monoisotopic (exact) mass is 269 g/mol. The van der Waals surface area contributed by atoms with Crippen LogP contribution >= 0.6 is 0 Å². The van der Waals surface area contributed by atoms with E-state index in [1.165, 1.54) is 6.07 Å². The fourth-order valence-corrected chi connectivity index (χ4v) is 2.68. The highest BCUT2D eigenvalue weighted by molar-refractivity contribution is 6.08. The van der Waals surface area contributed by atoms with Crippen molar-refractivity contribution in [3.63, 3.8) is 0 Å². The normalized spacial score (nSPS) is 17.4. The predicted molar refractivity (Wildman–Crippen MR) is 75.0 cm³/mol. The number of carbonyl (C=O) groups is 1. The van der Waals surface area contributed by atoms with Crippen molar-refractivity contribution in [2.75, 3.05) is 11.9 Å². The van der Waals surface area contributed by atoms with Gasteiger partial charge in [0.1, 0.15) is 0 Å². The Kier molecular flexibility index (Phi) is 2.89. The molecule has 0 radical (unpaired) electrons. The van der Waals surface area contributed by atoms with E-state index < -0.39 is 0 Å². The number of amides is 1. The Morgan fingerprint density at radius 3 is 2.85 bits per heavy atom. The Bertz CT molecular complexity index is 685. The molecule has 2 aromatic heterocycles. The summed E-state index contributed by atoms with van der Waals surface area (Å²) in [6, 6.07) is 6.77. The van der Waals surface area contributed by atoms with E-state index in [1.807, 2.05) is 6.92 Å². The van der Waals surface area contributed by atoms with Crippen LogP contribution in [-0.2, 0) is 0 Å². The standard InChI is InChI=1S/C15H15N3O2/c1-3-9-13-10(5-4-8-16-13)15(20)18(2)11-6-7-12(19)17-14(9)11/h4-9H,3H2,1-2H3,(H,17,19). The molecule has 20 heavy (non-hydrogen) atoms. The summed E-state index contributed by atoms with van der Waals surface area (Å²) in [5.41, 5.74) is 2.74. The molecule has 3 heterocycles.